The second-order valence-corrected chi connectivity index (χ2v) is 5.35. The van der Waals surface area contributed by atoms with Crippen molar-refractivity contribution < 1.29 is 23.7 Å². The Hall–Kier alpha value is -3.15. The van der Waals surface area contributed by atoms with E-state index in [1.807, 2.05) is 24.3 Å². The molecule has 0 aliphatic rings. The normalized spacial score (nSPS) is 10.5. The summed E-state index contributed by atoms with van der Waals surface area (Å²) >= 11 is 0. The van der Waals surface area contributed by atoms with Gasteiger partial charge < -0.3 is 24.3 Å². The van der Waals surface area contributed by atoms with Gasteiger partial charge in [-0.25, -0.2) is 0 Å². The maximum absolute atomic E-state index is 12.1. The van der Waals surface area contributed by atoms with Crippen molar-refractivity contribution in [2.45, 2.75) is 6.54 Å². The molecule has 0 radical (unpaired) electrons. The van der Waals surface area contributed by atoms with Crippen molar-refractivity contribution in [2.75, 3.05) is 28.4 Å². The van der Waals surface area contributed by atoms with Gasteiger partial charge in [0.05, 0.1) is 28.4 Å². The molecule has 0 fully saturated rings. The van der Waals surface area contributed by atoms with Crippen LogP contribution in [0.4, 0.5) is 0 Å². The van der Waals surface area contributed by atoms with Crippen LogP contribution in [-0.2, 0) is 11.3 Å². The van der Waals surface area contributed by atoms with Crippen molar-refractivity contribution in [2.24, 2.45) is 0 Å². The third-order valence-electron chi connectivity index (χ3n) is 3.77. The Morgan fingerprint density at radius 2 is 1.62 bits per heavy atom. The van der Waals surface area contributed by atoms with Crippen LogP contribution < -0.4 is 24.3 Å². The molecule has 138 valence electrons. The van der Waals surface area contributed by atoms with Crippen LogP contribution in [0.1, 0.15) is 11.1 Å². The van der Waals surface area contributed by atoms with Gasteiger partial charge in [0, 0.05) is 24.3 Å². The molecule has 0 spiro atoms. The van der Waals surface area contributed by atoms with Crippen LogP contribution in [0.15, 0.2) is 42.5 Å². The molecule has 0 unspecified atom stereocenters. The van der Waals surface area contributed by atoms with Crippen molar-refractivity contribution >= 4 is 12.0 Å². The minimum Gasteiger partial charge on any atom is -0.497 e. The summed E-state index contributed by atoms with van der Waals surface area (Å²) in [6.07, 6.45) is 3.16. The summed E-state index contributed by atoms with van der Waals surface area (Å²) in [5, 5.41) is 2.83. The number of benzene rings is 2. The van der Waals surface area contributed by atoms with Gasteiger partial charge in [-0.05, 0) is 35.9 Å². The molecule has 0 aromatic heterocycles. The fraction of sp³-hybridized carbons (Fsp3) is 0.250. The highest BCUT2D eigenvalue weighted by Crippen LogP contribution is 2.27. The zero-order chi connectivity index (χ0) is 18.9. The van der Waals surface area contributed by atoms with Gasteiger partial charge in [0.15, 0.2) is 11.5 Å². The molecule has 6 nitrogen and oxygen atoms in total. The molecule has 1 N–H and O–H groups in total. The zero-order valence-corrected chi connectivity index (χ0v) is 15.4. The third-order valence-corrected chi connectivity index (χ3v) is 3.77. The minimum atomic E-state index is -0.211. The van der Waals surface area contributed by atoms with Gasteiger partial charge in [-0.15, -0.1) is 0 Å². The highest BCUT2D eigenvalue weighted by molar-refractivity contribution is 5.92. The summed E-state index contributed by atoms with van der Waals surface area (Å²) in [5.41, 5.74) is 1.70. The van der Waals surface area contributed by atoms with E-state index < -0.39 is 0 Å². The van der Waals surface area contributed by atoms with E-state index in [4.69, 9.17) is 18.9 Å². The minimum absolute atomic E-state index is 0.211. The molecule has 6 heteroatoms. The number of hydrogen-bond acceptors (Lipinski definition) is 5. The Labute approximate surface area is 153 Å². The molecule has 0 saturated carbocycles. The first-order valence-electron chi connectivity index (χ1n) is 8.00. The second kappa shape index (κ2) is 9.36. The number of ether oxygens (including phenoxy) is 4. The first-order valence-corrected chi connectivity index (χ1v) is 8.00. The molecule has 0 aliphatic carbocycles. The van der Waals surface area contributed by atoms with Crippen molar-refractivity contribution in [1.82, 2.24) is 5.32 Å². The van der Waals surface area contributed by atoms with Crippen molar-refractivity contribution in [3.05, 3.63) is 53.6 Å². The Balaban J connectivity index is 2.00. The molecule has 2 aromatic carbocycles. The molecule has 26 heavy (non-hydrogen) atoms. The van der Waals surface area contributed by atoms with E-state index in [-0.39, 0.29) is 5.91 Å². The molecule has 0 saturated heterocycles. The highest BCUT2D eigenvalue weighted by atomic mass is 16.5. The van der Waals surface area contributed by atoms with Crippen LogP contribution >= 0.6 is 0 Å². The lowest BCUT2D eigenvalue weighted by Crippen LogP contribution is -2.20. The molecule has 1 amide bonds. The van der Waals surface area contributed by atoms with Crippen LogP contribution in [-0.4, -0.2) is 34.3 Å². The maximum Gasteiger partial charge on any atom is 0.244 e. The third kappa shape index (κ3) is 4.92. The summed E-state index contributed by atoms with van der Waals surface area (Å²) in [7, 11) is 6.32. The van der Waals surface area contributed by atoms with Crippen LogP contribution in [0.5, 0.6) is 23.0 Å². The van der Waals surface area contributed by atoms with Gasteiger partial charge in [0.25, 0.3) is 0 Å². The monoisotopic (exact) mass is 357 g/mol. The summed E-state index contributed by atoms with van der Waals surface area (Å²) in [6.45, 7) is 0.378. The fourth-order valence-electron chi connectivity index (χ4n) is 2.36. The lowest BCUT2D eigenvalue weighted by molar-refractivity contribution is -0.116. The quantitative estimate of drug-likeness (QED) is 0.736. The molecular formula is C20H23NO5. The predicted octanol–water partition coefficient (Wildman–Crippen LogP) is 3.05. The predicted molar refractivity (Wildman–Crippen MR) is 100.0 cm³/mol. The SMILES string of the molecule is COc1ccc(/C=C/C(=O)NCc2ccc(OC)c(OC)c2)c(OC)c1. The fourth-order valence-corrected chi connectivity index (χ4v) is 2.36. The zero-order valence-electron chi connectivity index (χ0n) is 15.4. The Morgan fingerprint density at radius 3 is 2.27 bits per heavy atom. The van der Waals surface area contributed by atoms with Crippen LogP contribution in [0.25, 0.3) is 6.08 Å². The van der Waals surface area contributed by atoms with Gasteiger partial charge in [0.1, 0.15) is 11.5 Å². The largest absolute Gasteiger partial charge is 0.497 e. The molecule has 2 rings (SSSR count). The standard InChI is InChI=1S/C20H23NO5/c1-23-16-8-6-15(18(12-16)25-3)7-10-20(22)21-13-14-5-9-17(24-2)19(11-14)26-4/h5-12H,13H2,1-4H3,(H,21,22)/b10-7+. The van der Waals surface area contributed by atoms with E-state index in [9.17, 15) is 4.79 Å². The van der Waals surface area contributed by atoms with Gasteiger partial charge in [0.2, 0.25) is 5.91 Å². The first kappa shape index (κ1) is 19.2. The highest BCUT2D eigenvalue weighted by Gasteiger charge is 2.06. The van der Waals surface area contributed by atoms with E-state index in [0.29, 0.717) is 29.5 Å². The Bertz CT molecular complexity index is 786. The van der Waals surface area contributed by atoms with Gasteiger partial charge >= 0.3 is 0 Å². The molecule has 0 atom stereocenters. The molecule has 2 aromatic rings. The topological polar surface area (TPSA) is 66.0 Å². The van der Waals surface area contributed by atoms with Gasteiger partial charge in [-0.3, -0.25) is 4.79 Å². The second-order valence-electron chi connectivity index (χ2n) is 5.35. The number of amides is 1. The molecule has 0 aliphatic heterocycles. The summed E-state index contributed by atoms with van der Waals surface area (Å²) in [6, 6.07) is 10.9. The van der Waals surface area contributed by atoms with E-state index in [0.717, 1.165) is 11.1 Å². The number of hydrogen-bond donors (Lipinski definition) is 1. The Kier molecular flexibility index (Phi) is 6.91. The van der Waals surface area contributed by atoms with Crippen LogP contribution in [0.3, 0.4) is 0 Å². The number of rotatable bonds is 8. The maximum atomic E-state index is 12.1. The molecule has 0 heterocycles. The van der Waals surface area contributed by atoms with Crippen molar-refractivity contribution in [3.8, 4) is 23.0 Å². The average Bonchev–Trinajstić information content (AvgIpc) is 2.70. The van der Waals surface area contributed by atoms with Gasteiger partial charge in [-0.2, -0.15) is 0 Å². The van der Waals surface area contributed by atoms with Gasteiger partial charge in [-0.1, -0.05) is 6.07 Å². The van der Waals surface area contributed by atoms with Crippen molar-refractivity contribution in [1.29, 1.82) is 0 Å². The van der Waals surface area contributed by atoms with E-state index in [1.54, 1.807) is 46.6 Å². The van der Waals surface area contributed by atoms with E-state index in [1.165, 1.54) is 6.08 Å². The van der Waals surface area contributed by atoms with Crippen LogP contribution in [0, 0.1) is 0 Å². The van der Waals surface area contributed by atoms with Crippen LogP contribution in [0.2, 0.25) is 0 Å². The number of carbonyl (C=O) groups excluding carboxylic acids is 1. The summed E-state index contributed by atoms with van der Waals surface area (Å²) in [4.78, 5) is 12.1. The lowest BCUT2D eigenvalue weighted by atomic mass is 10.1. The average molecular weight is 357 g/mol. The summed E-state index contributed by atoms with van der Waals surface area (Å²) < 4.78 is 20.9. The summed E-state index contributed by atoms with van der Waals surface area (Å²) in [5.74, 6) is 2.38. The number of methoxy groups -OCH3 is 4. The molecular weight excluding hydrogens is 334 g/mol. The van der Waals surface area contributed by atoms with Crippen molar-refractivity contribution in [3.63, 3.8) is 0 Å². The smallest absolute Gasteiger partial charge is 0.244 e. The van der Waals surface area contributed by atoms with E-state index in [2.05, 4.69) is 5.32 Å². The molecule has 0 bridgehead atoms. The first-order chi connectivity index (χ1) is 12.6. The Morgan fingerprint density at radius 1 is 0.885 bits per heavy atom. The lowest BCUT2D eigenvalue weighted by Gasteiger charge is -2.10. The number of nitrogens with one attached hydrogen (secondary N) is 1. The number of carbonyl (C=O) groups is 1. The van der Waals surface area contributed by atoms with E-state index >= 15 is 0 Å².